The van der Waals surface area contributed by atoms with Crippen molar-refractivity contribution in [2.75, 3.05) is 0 Å². The number of hydrogen-bond acceptors (Lipinski definition) is 2. The van der Waals surface area contributed by atoms with E-state index in [2.05, 4.69) is 19.2 Å². The van der Waals surface area contributed by atoms with Gasteiger partial charge in [0.15, 0.2) is 0 Å². The fourth-order valence-corrected chi connectivity index (χ4v) is 0.858. The van der Waals surface area contributed by atoms with Gasteiger partial charge in [-0.25, -0.2) is 0 Å². The molecule has 0 aliphatic carbocycles. The molecule has 0 spiro atoms. The lowest BCUT2D eigenvalue weighted by Crippen LogP contribution is -2.35. The van der Waals surface area contributed by atoms with Gasteiger partial charge in [0, 0.05) is 5.54 Å². The molecule has 0 bridgehead atoms. The second kappa shape index (κ2) is 1.41. The molecular weight excluding hydrogens is 100 g/mol. The summed E-state index contributed by atoms with van der Waals surface area (Å²) in [4.78, 5) is 0. The lowest BCUT2D eigenvalue weighted by atomic mass is 10.1. The molecule has 0 unspecified atom stereocenters. The van der Waals surface area contributed by atoms with Crippen LogP contribution >= 0.6 is 0 Å². The fourth-order valence-electron chi connectivity index (χ4n) is 0.858. The van der Waals surface area contributed by atoms with Crippen molar-refractivity contribution >= 4 is 0 Å². The van der Waals surface area contributed by atoms with Gasteiger partial charge in [-0.3, -0.25) is 0 Å². The van der Waals surface area contributed by atoms with E-state index in [0.717, 1.165) is 12.2 Å². The van der Waals surface area contributed by atoms with Gasteiger partial charge in [0.05, 0.1) is 5.82 Å². The molecule has 1 heterocycles. The molecule has 0 saturated heterocycles. The van der Waals surface area contributed by atoms with Crippen LogP contribution in [0, 0.1) is 0 Å². The molecule has 1 rings (SSSR count). The molecule has 1 aliphatic heterocycles. The molecule has 0 fully saturated rings. The first kappa shape index (κ1) is 5.48. The molecule has 0 amide bonds. The maximum absolute atomic E-state index is 5.46. The summed E-state index contributed by atoms with van der Waals surface area (Å²) < 4.78 is 0. The van der Waals surface area contributed by atoms with Crippen molar-refractivity contribution in [3.63, 3.8) is 0 Å². The second-order valence-corrected chi connectivity index (χ2v) is 2.87. The highest BCUT2D eigenvalue weighted by Gasteiger charge is 2.20. The number of nitrogens with one attached hydrogen (secondary N) is 1. The molecule has 0 atom stereocenters. The van der Waals surface area contributed by atoms with Crippen LogP contribution in [0.2, 0.25) is 0 Å². The van der Waals surface area contributed by atoms with E-state index in [4.69, 9.17) is 5.73 Å². The monoisotopic (exact) mass is 112 g/mol. The standard InChI is InChI=1S/C6H12N2/c1-6(2)4-3-5(7)8-6/h3,8H,4,7H2,1-2H3. The Bertz CT molecular complexity index is 124. The molecule has 2 nitrogen and oxygen atoms in total. The summed E-state index contributed by atoms with van der Waals surface area (Å²) in [5.41, 5.74) is 5.66. The maximum Gasteiger partial charge on any atom is 0.0923 e. The number of hydrogen-bond donors (Lipinski definition) is 2. The van der Waals surface area contributed by atoms with Crippen LogP contribution in [-0.2, 0) is 0 Å². The van der Waals surface area contributed by atoms with Crippen LogP contribution in [0.1, 0.15) is 20.3 Å². The average molecular weight is 112 g/mol. The van der Waals surface area contributed by atoms with Crippen molar-refractivity contribution in [3.8, 4) is 0 Å². The molecule has 0 aromatic rings. The van der Waals surface area contributed by atoms with E-state index < -0.39 is 0 Å². The van der Waals surface area contributed by atoms with Gasteiger partial charge in [0.2, 0.25) is 0 Å². The molecule has 0 radical (unpaired) electrons. The summed E-state index contributed by atoms with van der Waals surface area (Å²) in [5.74, 6) is 0.815. The number of nitrogens with two attached hydrogens (primary N) is 1. The Morgan fingerprint density at radius 1 is 1.75 bits per heavy atom. The molecular formula is C6H12N2. The van der Waals surface area contributed by atoms with E-state index in [1.807, 2.05) is 6.08 Å². The van der Waals surface area contributed by atoms with Crippen molar-refractivity contribution < 1.29 is 0 Å². The molecule has 0 aromatic heterocycles. The van der Waals surface area contributed by atoms with Crippen molar-refractivity contribution in [1.29, 1.82) is 0 Å². The van der Waals surface area contributed by atoms with E-state index in [9.17, 15) is 0 Å². The summed E-state index contributed by atoms with van der Waals surface area (Å²) in [6.45, 7) is 4.26. The highest BCUT2D eigenvalue weighted by molar-refractivity contribution is 5.09. The third-order valence-corrected chi connectivity index (χ3v) is 1.32. The maximum atomic E-state index is 5.46. The predicted molar refractivity (Wildman–Crippen MR) is 34.1 cm³/mol. The van der Waals surface area contributed by atoms with Gasteiger partial charge >= 0.3 is 0 Å². The molecule has 0 aromatic carbocycles. The lowest BCUT2D eigenvalue weighted by Gasteiger charge is -2.18. The van der Waals surface area contributed by atoms with Gasteiger partial charge < -0.3 is 11.1 Å². The summed E-state index contributed by atoms with van der Waals surface area (Å²) >= 11 is 0. The van der Waals surface area contributed by atoms with Crippen LogP contribution in [0.5, 0.6) is 0 Å². The molecule has 0 saturated carbocycles. The highest BCUT2D eigenvalue weighted by atomic mass is 15.1. The predicted octanol–water partition coefficient (Wildman–Crippen LogP) is 0.558. The zero-order chi connectivity index (χ0) is 6.20. The second-order valence-electron chi connectivity index (χ2n) is 2.87. The molecule has 8 heavy (non-hydrogen) atoms. The van der Waals surface area contributed by atoms with E-state index in [-0.39, 0.29) is 5.54 Å². The lowest BCUT2D eigenvalue weighted by molar-refractivity contribution is 0.465. The number of rotatable bonds is 0. The fraction of sp³-hybridized carbons (Fsp3) is 0.667. The van der Waals surface area contributed by atoms with Crippen LogP contribution in [0.4, 0.5) is 0 Å². The summed E-state index contributed by atoms with van der Waals surface area (Å²) in [5, 5.41) is 3.13. The van der Waals surface area contributed by atoms with Crippen molar-refractivity contribution in [3.05, 3.63) is 11.9 Å². The van der Waals surface area contributed by atoms with Gasteiger partial charge in [-0.1, -0.05) is 0 Å². The van der Waals surface area contributed by atoms with E-state index >= 15 is 0 Å². The normalized spacial score (nSPS) is 24.5. The SMILES string of the molecule is CC1(C)CC=C(N)N1. The van der Waals surface area contributed by atoms with Crippen LogP contribution in [0.15, 0.2) is 11.9 Å². The smallest absolute Gasteiger partial charge is 0.0923 e. The molecule has 1 aliphatic rings. The highest BCUT2D eigenvalue weighted by Crippen LogP contribution is 2.15. The van der Waals surface area contributed by atoms with Gasteiger partial charge in [0.1, 0.15) is 0 Å². The van der Waals surface area contributed by atoms with Crippen LogP contribution in [0.3, 0.4) is 0 Å². The average Bonchev–Trinajstić information content (AvgIpc) is 1.82. The Morgan fingerprint density at radius 2 is 2.38 bits per heavy atom. The van der Waals surface area contributed by atoms with E-state index in [1.54, 1.807) is 0 Å². The van der Waals surface area contributed by atoms with Crippen LogP contribution in [0.25, 0.3) is 0 Å². The minimum atomic E-state index is 0.198. The topological polar surface area (TPSA) is 38.0 Å². The molecule has 2 heteroatoms. The van der Waals surface area contributed by atoms with Crippen LogP contribution < -0.4 is 11.1 Å². The molecule has 46 valence electrons. The zero-order valence-corrected chi connectivity index (χ0v) is 5.36. The third kappa shape index (κ3) is 0.941. The van der Waals surface area contributed by atoms with Gasteiger partial charge in [-0.05, 0) is 26.3 Å². The Labute approximate surface area is 49.8 Å². The first-order valence-electron chi connectivity index (χ1n) is 2.84. The van der Waals surface area contributed by atoms with Gasteiger partial charge in [-0.2, -0.15) is 0 Å². The Hall–Kier alpha value is -0.660. The minimum absolute atomic E-state index is 0.198. The minimum Gasteiger partial charge on any atom is -0.386 e. The van der Waals surface area contributed by atoms with Crippen molar-refractivity contribution in [2.24, 2.45) is 5.73 Å². The third-order valence-electron chi connectivity index (χ3n) is 1.32. The molecule has 3 N–H and O–H groups in total. The van der Waals surface area contributed by atoms with Gasteiger partial charge in [0.25, 0.3) is 0 Å². The Morgan fingerprint density at radius 3 is 2.50 bits per heavy atom. The quantitative estimate of drug-likeness (QED) is 0.480. The van der Waals surface area contributed by atoms with Gasteiger partial charge in [-0.15, -0.1) is 0 Å². The Kier molecular flexibility index (Phi) is 0.962. The van der Waals surface area contributed by atoms with E-state index in [0.29, 0.717) is 0 Å². The Balaban J connectivity index is 2.55. The summed E-state index contributed by atoms with van der Waals surface area (Å²) in [6, 6.07) is 0. The first-order chi connectivity index (χ1) is 3.60. The largest absolute Gasteiger partial charge is 0.386 e. The van der Waals surface area contributed by atoms with Crippen LogP contribution in [-0.4, -0.2) is 5.54 Å². The zero-order valence-electron chi connectivity index (χ0n) is 5.36. The summed E-state index contributed by atoms with van der Waals surface area (Å²) in [6.07, 6.45) is 3.05. The van der Waals surface area contributed by atoms with Crippen molar-refractivity contribution in [1.82, 2.24) is 5.32 Å². The summed E-state index contributed by atoms with van der Waals surface area (Å²) in [7, 11) is 0. The van der Waals surface area contributed by atoms with Crippen molar-refractivity contribution in [2.45, 2.75) is 25.8 Å². The first-order valence-corrected chi connectivity index (χ1v) is 2.84. The van der Waals surface area contributed by atoms with E-state index in [1.165, 1.54) is 0 Å².